The molecule has 0 aliphatic heterocycles. The highest BCUT2D eigenvalue weighted by molar-refractivity contribution is 4.71. The summed E-state index contributed by atoms with van der Waals surface area (Å²) < 4.78 is 5.16. The minimum Gasteiger partial charge on any atom is -0.392 e. The second-order valence-electron chi connectivity index (χ2n) is 3.95. The standard InChI is InChI=1S/C10H23NO2/c1-7(2)10(12)6-11-8(3)9(4)13-5/h7-12H,6H2,1-5H3. The van der Waals surface area contributed by atoms with Crippen LogP contribution in [0.3, 0.4) is 0 Å². The van der Waals surface area contributed by atoms with E-state index in [1.54, 1.807) is 7.11 Å². The van der Waals surface area contributed by atoms with Gasteiger partial charge < -0.3 is 15.2 Å². The normalized spacial score (nSPS) is 18.7. The lowest BCUT2D eigenvalue weighted by Crippen LogP contribution is -2.42. The molecule has 2 N–H and O–H groups in total. The molecule has 13 heavy (non-hydrogen) atoms. The second kappa shape index (κ2) is 6.35. The van der Waals surface area contributed by atoms with Crippen LogP contribution in [-0.4, -0.2) is 37.0 Å². The molecule has 0 saturated carbocycles. The number of hydrogen-bond acceptors (Lipinski definition) is 3. The summed E-state index contributed by atoms with van der Waals surface area (Å²) in [4.78, 5) is 0. The molecule has 80 valence electrons. The van der Waals surface area contributed by atoms with Crippen LogP contribution in [0.5, 0.6) is 0 Å². The summed E-state index contributed by atoms with van der Waals surface area (Å²) in [5, 5.41) is 12.8. The van der Waals surface area contributed by atoms with Crippen molar-refractivity contribution in [1.82, 2.24) is 5.32 Å². The number of nitrogens with one attached hydrogen (secondary N) is 1. The lowest BCUT2D eigenvalue weighted by Gasteiger charge is -2.23. The molecule has 3 unspecified atom stereocenters. The molecule has 3 atom stereocenters. The van der Waals surface area contributed by atoms with Gasteiger partial charge in [0.25, 0.3) is 0 Å². The van der Waals surface area contributed by atoms with E-state index in [1.165, 1.54) is 0 Å². The maximum absolute atomic E-state index is 9.53. The molecule has 0 radical (unpaired) electrons. The van der Waals surface area contributed by atoms with Crippen molar-refractivity contribution < 1.29 is 9.84 Å². The van der Waals surface area contributed by atoms with Gasteiger partial charge in [-0.15, -0.1) is 0 Å². The number of methoxy groups -OCH3 is 1. The van der Waals surface area contributed by atoms with Crippen LogP contribution in [0.1, 0.15) is 27.7 Å². The van der Waals surface area contributed by atoms with Crippen LogP contribution in [0.25, 0.3) is 0 Å². The summed E-state index contributed by atoms with van der Waals surface area (Å²) in [6.45, 7) is 8.72. The van der Waals surface area contributed by atoms with Crippen LogP contribution in [-0.2, 0) is 4.74 Å². The number of rotatable bonds is 6. The summed E-state index contributed by atoms with van der Waals surface area (Å²) in [5.41, 5.74) is 0. The summed E-state index contributed by atoms with van der Waals surface area (Å²) in [5.74, 6) is 0.303. The topological polar surface area (TPSA) is 41.5 Å². The van der Waals surface area contributed by atoms with Crippen LogP contribution >= 0.6 is 0 Å². The number of ether oxygens (including phenoxy) is 1. The van der Waals surface area contributed by atoms with Gasteiger partial charge in [-0.2, -0.15) is 0 Å². The van der Waals surface area contributed by atoms with Crippen molar-refractivity contribution in [3.8, 4) is 0 Å². The first kappa shape index (κ1) is 12.9. The van der Waals surface area contributed by atoms with E-state index in [0.29, 0.717) is 12.5 Å². The fourth-order valence-corrected chi connectivity index (χ4v) is 0.912. The van der Waals surface area contributed by atoms with E-state index >= 15 is 0 Å². The van der Waals surface area contributed by atoms with E-state index in [-0.39, 0.29) is 18.2 Å². The third-order valence-corrected chi connectivity index (χ3v) is 2.49. The molecule has 0 rings (SSSR count). The van der Waals surface area contributed by atoms with Gasteiger partial charge in [-0.3, -0.25) is 0 Å². The molecule has 0 fully saturated rings. The highest BCUT2D eigenvalue weighted by Crippen LogP contribution is 2.01. The Bertz CT molecular complexity index is 128. The lowest BCUT2D eigenvalue weighted by molar-refractivity contribution is 0.0731. The first-order valence-corrected chi connectivity index (χ1v) is 4.93. The summed E-state index contributed by atoms with van der Waals surface area (Å²) >= 11 is 0. The zero-order valence-electron chi connectivity index (χ0n) is 9.37. The first-order valence-electron chi connectivity index (χ1n) is 4.93. The minimum atomic E-state index is -0.272. The third kappa shape index (κ3) is 5.24. The molecule has 0 aromatic carbocycles. The van der Waals surface area contributed by atoms with Crippen molar-refractivity contribution in [2.75, 3.05) is 13.7 Å². The van der Waals surface area contributed by atoms with Crippen molar-refractivity contribution in [3.05, 3.63) is 0 Å². The Balaban J connectivity index is 3.63. The molecular weight excluding hydrogens is 166 g/mol. The summed E-state index contributed by atoms with van der Waals surface area (Å²) in [6.07, 6.45) is -0.0918. The molecule has 0 heterocycles. The van der Waals surface area contributed by atoms with Crippen LogP contribution in [0.15, 0.2) is 0 Å². The molecular formula is C10H23NO2. The fraction of sp³-hybridized carbons (Fsp3) is 1.00. The molecule has 0 saturated heterocycles. The molecule has 0 aliphatic carbocycles. The predicted octanol–water partition coefficient (Wildman–Crippen LogP) is 1.02. The Hall–Kier alpha value is -0.120. The Morgan fingerprint density at radius 2 is 1.77 bits per heavy atom. The van der Waals surface area contributed by atoms with Gasteiger partial charge in [-0.1, -0.05) is 13.8 Å². The van der Waals surface area contributed by atoms with Gasteiger partial charge in [0.1, 0.15) is 0 Å². The Kier molecular flexibility index (Phi) is 6.29. The quantitative estimate of drug-likeness (QED) is 0.655. The van der Waals surface area contributed by atoms with E-state index in [2.05, 4.69) is 12.2 Å². The largest absolute Gasteiger partial charge is 0.392 e. The molecule has 0 spiro atoms. The van der Waals surface area contributed by atoms with Crippen LogP contribution in [0.2, 0.25) is 0 Å². The Morgan fingerprint density at radius 3 is 2.15 bits per heavy atom. The zero-order chi connectivity index (χ0) is 10.4. The van der Waals surface area contributed by atoms with E-state index in [1.807, 2.05) is 20.8 Å². The van der Waals surface area contributed by atoms with Crippen LogP contribution in [0.4, 0.5) is 0 Å². The van der Waals surface area contributed by atoms with Gasteiger partial charge in [0, 0.05) is 19.7 Å². The number of hydrogen-bond donors (Lipinski definition) is 2. The Morgan fingerprint density at radius 1 is 1.23 bits per heavy atom. The zero-order valence-corrected chi connectivity index (χ0v) is 9.37. The van der Waals surface area contributed by atoms with Crippen LogP contribution < -0.4 is 5.32 Å². The molecule has 0 amide bonds. The van der Waals surface area contributed by atoms with Gasteiger partial charge in [0.2, 0.25) is 0 Å². The van der Waals surface area contributed by atoms with Crippen molar-refractivity contribution in [2.45, 2.75) is 45.9 Å². The highest BCUT2D eigenvalue weighted by atomic mass is 16.5. The van der Waals surface area contributed by atoms with Crippen molar-refractivity contribution in [3.63, 3.8) is 0 Å². The lowest BCUT2D eigenvalue weighted by atomic mass is 10.1. The average molecular weight is 189 g/mol. The van der Waals surface area contributed by atoms with E-state index in [0.717, 1.165) is 0 Å². The minimum absolute atomic E-state index is 0.180. The van der Waals surface area contributed by atoms with Gasteiger partial charge in [-0.05, 0) is 19.8 Å². The van der Waals surface area contributed by atoms with Crippen molar-refractivity contribution >= 4 is 0 Å². The second-order valence-corrected chi connectivity index (χ2v) is 3.95. The van der Waals surface area contributed by atoms with E-state index in [9.17, 15) is 5.11 Å². The predicted molar refractivity (Wildman–Crippen MR) is 54.8 cm³/mol. The highest BCUT2D eigenvalue weighted by Gasteiger charge is 2.14. The Labute approximate surface area is 81.5 Å². The van der Waals surface area contributed by atoms with Crippen LogP contribution in [0, 0.1) is 5.92 Å². The summed E-state index contributed by atoms with van der Waals surface area (Å²) in [7, 11) is 1.70. The number of aliphatic hydroxyl groups excluding tert-OH is 1. The fourth-order valence-electron chi connectivity index (χ4n) is 0.912. The maximum atomic E-state index is 9.53. The molecule has 3 nitrogen and oxygen atoms in total. The average Bonchev–Trinajstić information content (AvgIpc) is 2.11. The van der Waals surface area contributed by atoms with Crippen molar-refractivity contribution in [1.29, 1.82) is 0 Å². The van der Waals surface area contributed by atoms with E-state index in [4.69, 9.17) is 4.74 Å². The maximum Gasteiger partial charge on any atom is 0.0693 e. The van der Waals surface area contributed by atoms with Gasteiger partial charge >= 0.3 is 0 Å². The molecule has 0 aliphatic rings. The molecule has 0 aromatic heterocycles. The molecule has 0 bridgehead atoms. The molecule has 0 aromatic rings. The first-order chi connectivity index (χ1) is 5.99. The smallest absolute Gasteiger partial charge is 0.0693 e. The van der Waals surface area contributed by atoms with Crippen molar-refractivity contribution in [2.24, 2.45) is 5.92 Å². The van der Waals surface area contributed by atoms with Gasteiger partial charge in [0.05, 0.1) is 12.2 Å². The monoisotopic (exact) mass is 189 g/mol. The number of aliphatic hydroxyl groups is 1. The van der Waals surface area contributed by atoms with Gasteiger partial charge in [0.15, 0.2) is 0 Å². The molecule has 3 heteroatoms. The summed E-state index contributed by atoms with van der Waals surface area (Å²) in [6, 6.07) is 0.276. The SMILES string of the molecule is COC(C)C(C)NCC(O)C(C)C. The van der Waals surface area contributed by atoms with Gasteiger partial charge in [-0.25, -0.2) is 0 Å². The van der Waals surface area contributed by atoms with E-state index < -0.39 is 0 Å². The third-order valence-electron chi connectivity index (χ3n) is 2.49.